The minimum Gasteiger partial charge on any atom is -0.496 e. The Kier molecular flexibility index (Phi) is 3.25. The topological polar surface area (TPSA) is 57.4 Å². The molecule has 0 saturated heterocycles. The maximum absolute atomic E-state index is 6.05. The largest absolute Gasteiger partial charge is 0.496 e. The van der Waals surface area contributed by atoms with Crippen molar-refractivity contribution in [2.75, 3.05) is 7.11 Å². The van der Waals surface area contributed by atoms with Crippen molar-refractivity contribution in [3.8, 4) is 11.6 Å². The highest BCUT2D eigenvalue weighted by Crippen LogP contribution is 2.32. The molecule has 0 aliphatic heterocycles. The van der Waals surface area contributed by atoms with Crippen molar-refractivity contribution in [3.63, 3.8) is 0 Å². The van der Waals surface area contributed by atoms with Gasteiger partial charge in [0.15, 0.2) is 0 Å². The average molecular weight is 258 g/mol. The summed E-state index contributed by atoms with van der Waals surface area (Å²) in [7, 11) is 1.67. The first-order valence-corrected chi connectivity index (χ1v) is 6.63. The van der Waals surface area contributed by atoms with Gasteiger partial charge in [-0.2, -0.15) is 0 Å². The summed E-state index contributed by atoms with van der Waals surface area (Å²) < 4.78 is 11.4. The molecule has 1 fully saturated rings. The van der Waals surface area contributed by atoms with E-state index in [1.54, 1.807) is 13.3 Å². The van der Waals surface area contributed by atoms with Crippen molar-refractivity contribution >= 4 is 10.8 Å². The van der Waals surface area contributed by atoms with Crippen molar-refractivity contribution < 1.29 is 9.47 Å². The summed E-state index contributed by atoms with van der Waals surface area (Å²) in [5.41, 5.74) is 6.05. The lowest BCUT2D eigenvalue weighted by molar-refractivity contribution is 0.186. The zero-order valence-electron chi connectivity index (χ0n) is 11.0. The number of hydrogen-bond acceptors (Lipinski definition) is 4. The molecule has 4 nitrogen and oxygen atoms in total. The van der Waals surface area contributed by atoms with Crippen molar-refractivity contribution in [2.24, 2.45) is 5.73 Å². The fraction of sp³-hybridized carbons (Fsp3) is 0.400. The summed E-state index contributed by atoms with van der Waals surface area (Å²) in [4.78, 5) is 4.35. The number of nitrogens with zero attached hydrogens (tertiary/aromatic N) is 1. The van der Waals surface area contributed by atoms with Gasteiger partial charge < -0.3 is 15.2 Å². The van der Waals surface area contributed by atoms with Crippen molar-refractivity contribution in [1.82, 2.24) is 4.98 Å². The molecule has 1 aliphatic carbocycles. The van der Waals surface area contributed by atoms with Crippen LogP contribution in [0.3, 0.4) is 0 Å². The molecule has 2 unspecified atom stereocenters. The van der Waals surface area contributed by atoms with E-state index in [-0.39, 0.29) is 12.1 Å². The van der Waals surface area contributed by atoms with Gasteiger partial charge in [0, 0.05) is 23.0 Å². The van der Waals surface area contributed by atoms with Gasteiger partial charge in [0.2, 0.25) is 5.88 Å². The number of benzene rings is 1. The van der Waals surface area contributed by atoms with E-state index >= 15 is 0 Å². The normalized spacial score (nSPS) is 22.6. The monoisotopic (exact) mass is 258 g/mol. The maximum Gasteiger partial charge on any atom is 0.221 e. The highest BCUT2D eigenvalue weighted by atomic mass is 16.5. The maximum atomic E-state index is 6.05. The number of nitrogens with two attached hydrogens (primary N) is 1. The van der Waals surface area contributed by atoms with E-state index in [9.17, 15) is 0 Å². The summed E-state index contributed by atoms with van der Waals surface area (Å²) in [6, 6.07) is 7.94. The van der Waals surface area contributed by atoms with Crippen molar-refractivity contribution in [2.45, 2.75) is 31.4 Å². The van der Waals surface area contributed by atoms with Gasteiger partial charge in [-0.15, -0.1) is 0 Å². The van der Waals surface area contributed by atoms with E-state index < -0.39 is 0 Å². The van der Waals surface area contributed by atoms with Crippen LogP contribution in [0.25, 0.3) is 10.8 Å². The van der Waals surface area contributed by atoms with E-state index in [0.29, 0.717) is 5.88 Å². The molecule has 2 N–H and O–H groups in total. The lowest BCUT2D eigenvalue weighted by Gasteiger charge is -2.18. The van der Waals surface area contributed by atoms with Crippen LogP contribution < -0.4 is 15.2 Å². The summed E-state index contributed by atoms with van der Waals surface area (Å²) in [6.45, 7) is 0. The van der Waals surface area contributed by atoms with Crippen molar-refractivity contribution in [1.29, 1.82) is 0 Å². The van der Waals surface area contributed by atoms with Gasteiger partial charge in [-0.1, -0.05) is 6.07 Å². The molecule has 1 aromatic heterocycles. The van der Waals surface area contributed by atoms with E-state index in [4.69, 9.17) is 15.2 Å². The minimum absolute atomic E-state index is 0.0734. The minimum atomic E-state index is 0.0734. The Labute approximate surface area is 112 Å². The molecule has 1 aromatic carbocycles. The van der Waals surface area contributed by atoms with E-state index in [1.807, 2.05) is 24.3 Å². The fourth-order valence-electron chi connectivity index (χ4n) is 2.67. The van der Waals surface area contributed by atoms with Crippen LogP contribution in [-0.2, 0) is 0 Å². The number of aromatic nitrogens is 1. The number of ether oxygens (including phenoxy) is 2. The average Bonchev–Trinajstić information content (AvgIpc) is 2.84. The molecule has 19 heavy (non-hydrogen) atoms. The Bertz CT molecular complexity index is 585. The second-order valence-corrected chi connectivity index (χ2v) is 4.92. The molecule has 0 spiro atoms. The van der Waals surface area contributed by atoms with Gasteiger partial charge in [0.05, 0.1) is 7.11 Å². The third kappa shape index (κ3) is 2.24. The van der Waals surface area contributed by atoms with Crippen LogP contribution in [0.1, 0.15) is 19.3 Å². The first kappa shape index (κ1) is 12.2. The quantitative estimate of drug-likeness (QED) is 0.919. The second-order valence-electron chi connectivity index (χ2n) is 4.92. The lowest BCUT2D eigenvalue weighted by Crippen LogP contribution is -2.33. The van der Waals surface area contributed by atoms with Crippen LogP contribution in [0.5, 0.6) is 11.6 Å². The van der Waals surface area contributed by atoms with E-state index in [1.165, 1.54) is 0 Å². The van der Waals surface area contributed by atoms with Gasteiger partial charge in [0.25, 0.3) is 0 Å². The molecule has 1 heterocycles. The number of methoxy groups -OCH3 is 1. The van der Waals surface area contributed by atoms with E-state index in [0.717, 1.165) is 35.8 Å². The molecule has 3 rings (SSSR count). The van der Waals surface area contributed by atoms with Crippen LogP contribution in [0, 0.1) is 0 Å². The number of pyridine rings is 1. The van der Waals surface area contributed by atoms with Crippen LogP contribution in [0.15, 0.2) is 30.5 Å². The predicted molar refractivity (Wildman–Crippen MR) is 74.5 cm³/mol. The Balaban J connectivity index is 1.99. The molecule has 0 amide bonds. The van der Waals surface area contributed by atoms with Gasteiger partial charge in [-0.25, -0.2) is 4.98 Å². The van der Waals surface area contributed by atoms with Gasteiger partial charge in [0.1, 0.15) is 11.9 Å². The predicted octanol–water partition coefficient (Wildman–Crippen LogP) is 2.50. The van der Waals surface area contributed by atoms with Gasteiger partial charge >= 0.3 is 0 Å². The molecule has 1 saturated carbocycles. The van der Waals surface area contributed by atoms with Gasteiger partial charge in [-0.3, -0.25) is 0 Å². The first-order chi connectivity index (χ1) is 9.29. The molecule has 1 aliphatic rings. The molecule has 2 aromatic rings. The Morgan fingerprint density at radius 1 is 1.21 bits per heavy atom. The molecular weight excluding hydrogens is 240 g/mol. The molecule has 2 atom stereocenters. The standard InChI is InChI=1S/C15H18N2O2/c1-18-13-6-2-4-11-10(13)8-9-17-15(11)19-14-7-3-5-12(14)16/h2,4,6,8-9,12,14H,3,5,7,16H2,1H3. The zero-order chi connectivity index (χ0) is 13.2. The third-order valence-electron chi connectivity index (χ3n) is 3.72. The van der Waals surface area contributed by atoms with Crippen LogP contribution in [0.2, 0.25) is 0 Å². The fourth-order valence-corrected chi connectivity index (χ4v) is 2.67. The van der Waals surface area contributed by atoms with Gasteiger partial charge in [-0.05, 0) is 37.5 Å². The second kappa shape index (κ2) is 5.05. The summed E-state index contributed by atoms with van der Waals surface area (Å²) in [5, 5.41) is 1.99. The molecule has 100 valence electrons. The van der Waals surface area contributed by atoms with Crippen LogP contribution >= 0.6 is 0 Å². The molecule has 4 heteroatoms. The number of fused-ring (bicyclic) bond motifs is 1. The summed E-state index contributed by atoms with van der Waals surface area (Å²) in [5.74, 6) is 1.49. The highest BCUT2D eigenvalue weighted by molar-refractivity contribution is 5.91. The Morgan fingerprint density at radius 3 is 2.84 bits per heavy atom. The summed E-state index contributed by atoms with van der Waals surface area (Å²) in [6.07, 6.45) is 4.98. The van der Waals surface area contributed by atoms with E-state index in [2.05, 4.69) is 4.98 Å². The van der Waals surface area contributed by atoms with Crippen molar-refractivity contribution in [3.05, 3.63) is 30.5 Å². The summed E-state index contributed by atoms with van der Waals surface area (Å²) >= 11 is 0. The van der Waals surface area contributed by atoms with Crippen LogP contribution in [0.4, 0.5) is 0 Å². The smallest absolute Gasteiger partial charge is 0.221 e. The first-order valence-electron chi connectivity index (χ1n) is 6.63. The zero-order valence-corrected chi connectivity index (χ0v) is 11.0. The molecular formula is C15H18N2O2. The van der Waals surface area contributed by atoms with Crippen LogP contribution in [-0.4, -0.2) is 24.2 Å². The highest BCUT2D eigenvalue weighted by Gasteiger charge is 2.26. The lowest BCUT2D eigenvalue weighted by atomic mass is 10.1. The Hall–Kier alpha value is -1.81. The third-order valence-corrected chi connectivity index (χ3v) is 3.72. The molecule has 0 bridgehead atoms. The number of hydrogen-bond donors (Lipinski definition) is 1. The number of rotatable bonds is 3. The Morgan fingerprint density at radius 2 is 2.11 bits per heavy atom. The SMILES string of the molecule is COc1cccc2c(OC3CCCC3N)nccc12. The molecule has 0 radical (unpaired) electrons.